The van der Waals surface area contributed by atoms with Gasteiger partial charge in [0.2, 0.25) is 0 Å². The number of nitrogens with one attached hydrogen (secondary N) is 1. The summed E-state index contributed by atoms with van der Waals surface area (Å²) in [5.41, 5.74) is 2.26. The fourth-order valence-electron chi connectivity index (χ4n) is 1.92. The lowest BCUT2D eigenvalue weighted by Gasteiger charge is -2.09. The zero-order valence-electron chi connectivity index (χ0n) is 10.8. The number of hydrogen-bond acceptors (Lipinski definition) is 4. The van der Waals surface area contributed by atoms with Gasteiger partial charge >= 0.3 is 0 Å². The van der Waals surface area contributed by atoms with E-state index in [1.54, 1.807) is 11.3 Å². The second kappa shape index (κ2) is 4.82. The molecule has 1 saturated carbocycles. The molecular weight excluding hydrogens is 244 g/mol. The zero-order chi connectivity index (χ0) is 12.5. The van der Waals surface area contributed by atoms with Gasteiger partial charge in [0, 0.05) is 24.0 Å². The van der Waals surface area contributed by atoms with Crippen LogP contribution in [0.5, 0.6) is 0 Å². The van der Waals surface area contributed by atoms with E-state index in [1.807, 2.05) is 12.5 Å². The Kier molecular flexibility index (Phi) is 3.18. The van der Waals surface area contributed by atoms with Gasteiger partial charge in [-0.05, 0) is 26.7 Å². The normalized spacial score (nSPS) is 15.5. The van der Waals surface area contributed by atoms with Crippen LogP contribution in [0.1, 0.15) is 38.4 Å². The second-order valence-electron chi connectivity index (χ2n) is 5.08. The molecule has 5 heteroatoms. The van der Waals surface area contributed by atoms with Crippen LogP contribution in [0.4, 0.5) is 0 Å². The van der Waals surface area contributed by atoms with Gasteiger partial charge in [-0.25, -0.2) is 9.97 Å². The van der Waals surface area contributed by atoms with E-state index in [0.717, 1.165) is 29.0 Å². The number of hydrogen-bond donors (Lipinski definition) is 1. The summed E-state index contributed by atoms with van der Waals surface area (Å²) >= 11 is 1.70. The zero-order valence-corrected chi connectivity index (χ0v) is 11.6. The van der Waals surface area contributed by atoms with Gasteiger partial charge in [0.15, 0.2) is 0 Å². The fraction of sp³-hybridized carbons (Fsp3) is 0.538. The summed E-state index contributed by atoms with van der Waals surface area (Å²) in [6.45, 7) is 5.21. The van der Waals surface area contributed by atoms with Crippen LogP contribution in [0.2, 0.25) is 0 Å². The van der Waals surface area contributed by atoms with Crippen molar-refractivity contribution in [2.45, 2.75) is 45.3 Å². The van der Waals surface area contributed by atoms with Gasteiger partial charge < -0.3 is 9.88 Å². The smallest absolute Gasteiger partial charge is 0.141 e. The summed E-state index contributed by atoms with van der Waals surface area (Å²) in [6, 6.07) is 1.15. The first-order chi connectivity index (χ1) is 8.74. The minimum absolute atomic E-state index is 0.416. The van der Waals surface area contributed by atoms with Crippen molar-refractivity contribution in [1.29, 1.82) is 0 Å². The highest BCUT2D eigenvalue weighted by Crippen LogP contribution is 2.26. The Hall–Kier alpha value is -1.20. The molecule has 1 fully saturated rings. The highest BCUT2D eigenvalue weighted by Gasteiger charge is 2.20. The van der Waals surface area contributed by atoms with Crippen molar-refractivity contribution in [3.05, 3.63) is 23.6 Å². The minimum atomic E-state index is 0.416. The minimum Gasteiger partial charge on any atom is -0.326 e. The molecular formula is C13H18N4S. The van der Waals surface area contributed by atoms with E-state index >= 15 is 0 Å². The van der Waals surface area contributed by atoms with Crippen molar-refractivity contribution in [3.63, 3.8) is 0 Å². The van der Waals surface area contributed by atoms with E-state index < -0.39 is 0 Å². The molecule has 0 aliphatic heterocycles. The summed E-state index contributed by atoms with van der Waals surface area (Å²) < 4.78 is 2.16. The Morgan fingerprint density at radius 1 is 1.50 bits per heavy atom. The highest BCUT2D eigenvalue weighted by atomic mass is 32.1. The standard InChI is InChI=1S/C13H18N4S/c1-9(2)17-8-14-6-12(17)13-16-11(7-18-13)5-15-10-3-4-10/h6-10,15H,3-5H2,1-2H3. The van der Waals surface area contributed by atoms with Crippen LogP contribution in [0.15, 0.2) is 17.9 Å². The molecule has 3 rings (SSSR count). The summed E-state index contributed by atoms with van der Waals surface area (Å²) in [4.78, 5) is 8.92. The Morgan fingerprint density at radius 2 is 2.33 bits per heavy atom. The van der Waals surface area contributed by atoms with Crippen LogP contribution in [0.3, 0.4) is 0 Å². The first kappa shape index (κ1) is 11.9. The molecule has 0 radical (unpaired) electrons. The molecule has 0 unspecified atom stereocenters. The van der Waals surface area contributed by atoms with Crippen molar-refractivity contribution in [2.75, 3.05) is 0 Å². The Morgan fingerprint density at radius 3 is 3.06 bits per heavy atom. The van der Waals surface area contributed by atoms with E-state index in [1.165, 1.54) is 12.8 Å². The molecule has 2 heterocycles. The van der Waals surface area contributed by atoms with Crippen LogP contribution in [-0.2, 0) is 6.54 Å². The Balaban J connectivity index is 1.76. The van der Waals surface area contributed by atoms with Gasteiger partial charge in [-0.3, -0.25) is 0 Å². The number of nitrogens with zero attached hydrogens (tertiary/aromatic N) is 3. The molecule has 0 spiro atoms. The molecule has 0 aromatic carbocycles. The summed E-state index contributed by atoms with van der Waals surface area (Å²) in [6.07, 6.45) is 6.41. The van der Waals surface area contributed by atoms with Crippen LogP contribution < -0.4 is 5.32 Å². The Labute approximate surface area is 111 Å². The third kappa shape index (κ3) is 2.47. The predicted molar refractivity (Wildman–Crippen MR) is 73.6 cm³/mol. The number of thiazole rings is 1. The first-order valence-corrected chi connectivity index (χ1v) is 7.32. The summed E-state index contributed by atoms with van der Waals surface area (Å²) in [5, 5.41) is 6.70. The predicted octanol–water partition coefficient (Wildman–Crippen LogP) is 2.84. The van der Waals surface area contributed by atoms with Crippen LogP contribution in [0.25, 0.3) is 10.7 Å². The average Bonchev–Trinajstić information content (AvgIpc) is 2.88. The molecule has 18 heavy (non-hydrogen) atoms. The summed E-state index contributed by atoms with van der Waals surface area (Å²) in [5.74, 6) is 0. The van der Waals surface area contributed by atoms with Crippen molar-refractivity contribution in [1.82, 2.24) is 19.9 Å². The van der Waals surface area contributed by atoms with Crippen LogP contribution in [-0.4, -0.2) is 20.6 Å². The molecule has 0 amide bonds. The maximum absolute atomic E-state index is 4.69. The number of imidazole rings is 1. The van der Waals surface area contributed by atoms with Gasteiger partial charge in [0.05, 0.1) is 23.9 Å². The SMILES string of the molecule is CC(C)n1cncc1-c1nc(CNC2CC2)cs1. The molecule has 0 saturated heterocycles. The third-order valence-electron chi connectivity index (χ3n) is 3.14. The second-order valence-corrected chi connectivity index (χ2v) is 5.94. The molecule has 0 atom stereocenters. The highest BCUT2D eigenvalue weighted by molar-refractivity contribution is 7.13. The largest absolute Gasteiger partial charge is 0.326 e. The molecule has 2 aromatic rings. The monoisotopic (exact) mass is 262 g/mol. The van der Waals surface area contributed by atoms with Crippen molar-refractivity contribution in [2.24, 2.45) is 0 Å². The quantitative estimate of drug-likeness (QED) is 0.901. The van der Waals surface area contributed by atoms with Gasteiger partial charge in [0.1, 0.15) is 5.01 Å². The van der Waals surface area contributed by atoms with Gasteiger partial charge in [0.25, 0.3) is 0 Å². The average molecular weight is 262 g/mol. The van der Waals surface area contributed by atoms with E-state index in [9.17, 15) is 0 Å². The van der Waals surface area contributed by atoms with Gasteiger partial charge in [-0.1, -0.05) is 0 Å². The topological polar surface area (TPSA) is 42.7 Å². The fourth-order valence-corrected chi connectivity index (χ4v) is 2.76. The van der Waals surface area contributed by atoms with E-state index in [2.05, 4.69) is 34.1 Å². The molecule has 1 aliphatic rings. The molecule has 96 valence electrons. The van der Waals surface area contributed by atoms with E-state index in [4.69, 9.17) is 4.98 Å². The lowest BCUT2D eigenvalue weighted by molar-refractivity contribution is 0.605. The van der Waals surface area contributed by atoms with E-state index in [0.29, 0.717) is 6.04 Å². The maximum atomic E-state index is 4.69. The lowest BCUT2D eigenvalue weighted by atomic mass is 10.3. The van der Waals surface area contributed by atoms with Crippen molar-refractivity contribution >= 4 is 11.3 Å². The molecule has 1 aliphatic carbocycles. The summed E-state index contributed by atoms with van der Waals surface area (Å²) in [7, 11) is 0. The molecule has 0 bridgehead atoms. The van der Waals surface area contributed by atoms with Crippen molar-refractivity contribution in [3.8, 4) is 10.7 Å². The van der Waals surface area contributed by atoms with Crippen molar-refractivity contribution < 1.29 is 0 Å². The van der Waals surface area contributed by atoms with Gasteiger partial charge in [-0.2, -0.15) is 0 Å². The Bertz CT molecular complexity index is 525. The molecule has 4 nitrogen and oxygen atoms in total. The number of rotatable bonds is 5. The number of aromatic nitrogens is 3. The first-order valence-electron chi connectivity index (χ1n) is 6.44. The van der Waals surface area contributed by atoms with Crippen LogP contribution >= 0.6 is 11.3 Å². The molecule has 1 N–H and O–H groups in total. The van der Waals surface area contributed by atoms with Crippen LogP contribution in [0, 0.1) is 0 Å². The lowest BCUT2D eigenvalue weighted by Crippen LogP contribution is -2.15. The molecule has 2 aromatic heterocycles. The van der Waals surface area contributed by atoms with E-state index in [-0.39, 0.29) is 0 Å². The third-order valence-corrected chi connectivity index (χ3v) is 4.06. The van der Waals surface area contributed by atoms with Gasteiger partial charge in [-0.15, -0.1) is 11.3 Å². The maximum Gasteiger partial charge on any atom is 0.141 e.